The fourth-order valence-corrected chi connectivity index (χ4v) is 2.37. The number of aryl methyl sites for hydroxylation is 1. The highest BCUT2D eigenvalue weighted by atomic mass is 19.1. The molecule has 0 aliphatic carbocycles. The molecule has 0 fully saturated rings. The Morgan fingerprint density at radius 2 is 1.93 bits per heavy atom. The van der Waals surface area contributed by atoms with E-state index in [0.29, 0.717) is 5.56 Å². The average molecular weight is 407 g/mol. The van der Waals surface area contributed by atoms with Gasteiger partial charge in [-0.2, -0.15) is 0 Å². The molecule has 2 aromatic rings. The van der Waals surface area contributed by atoms with Crippen LogP contribution in [0.25, 0.3) is 0 Å². The molecule has 0 saturated carbocycles. The van der Waals surface area contributed by atoms with E-state index in [4.69, 9.17) is 0 Å². The summed E-state index contributed by atoms with van der Waals surface area (Å²) in [5.41, 5.74) is -1.46. The van der Waals surface area contributed by atoms with Crippen LogP contribution in [-0.4, -0.2) is 24.5 Å². The number of nitrogens with zero attached hydrogens (tertiary/aromatic N) is 1. The number of benzene rings is 2. The Labute approximate surface area is 167 Å². The number of rotatable bonds is 7. The summed E-state index contributed by atoms with van der Waals surface area (Å²) in [6, 6.07) is 5.04. The summed E-state index contributed by atoms with van der Waals surface area (Å²) in [7, 11) is 1.05. The second-order valence-corrected chi connectivity index (χ2v) is 5.53. The molecule has 0 radical (unpaired) electrons. The number of esters is 1. The molecule has 0 aromatic heterocycles. The maximum absolute atomic E-state index is 15.1. The molecule has 2 N–H and O–H groups in total. The summed E-state index contributed by atoms with van der Waals surface area (Å²) >= 11 is 0. The third-order valence-electron chi connectivity index (χ3n) is 3.65. The Bertz CT molecular complexity index is 917. The predicted octanol–water partition coefficient (Wildman–Crippen LogP) is 5.34. The van der Waals surface area contributed by atoms with Crippen molar-refractivity contribution < 1.29 is 23.2 Å². The smallest absolute Gasteiger partial charge is 0.340 e. The molecule has 0 aliphatic rings. The molecule has 0 saturated heterocycles. The molecule has 29 heavy (non-hydrogen) atoms. The Morgan fingerprint density at radius 1 is 1.28 bits per heavy atom. The van der Waals surface area contributed by atoms with Crippen LogP contribution < -0.4 is 10.6 Å². The summed E-state index contributed by atoms with van der Waals surface area (Å²) in [5.74, 6) is -2.81. The molecule has 0 unspecified atom stereocenters. The number of nitrogens with one attached hydrogen (secondary N) is 2. The van der Waals surface area contributed by atoms with Crippen molar-refractivity contribution in [1.82, 2.24) is 0 Å². The lowest BCUT2D eigenvalue weighted by Crippen LogP contribution is -2.13. The maximum atomic E-state index is 15.1. The van der Waals surface area contributed by atoms with Gasteiger partial charge in [0.2, 0.25) is 0 Å². The zero-order chi connectivity index (χ0) is 22.1. The summed E-state index contributed by atoms with van der Waals surface area (Å²) in [6.07, 6.45) is 1.38. The van der Waals surface area contributed by atoms with Gasteiger partial charge in [0.05, 0.1) is 29.0 Å². The van der Waals surface area contributed by atoms with Crippen molar-refractivity contribution in [3.63, 3.8) is 0 Å². The quantitative estimate of drug-likeness (QED) is 0.279. The number of carbonyl (C=O) groups excluding carboxylic acids is 1. The van der Waals surface area contributed by atoms with E-state index in [1.54, 1.807) is 13.0 Å². The van der Waals surface area contributed by atoms with Crippen molar-refractivity contribution in [2.24, 2.45) is 0 Å². The number of anilines is 3. The van der Waals surface area contributed by atoms with Crippen LogP contribution in [-0.2, 0) is 4.74 Å². The van der Waals surface area contributed by atoms with E-state index in [1.165, 1.54) is 18.2 Å². The Balaban J connectivity index is 0.00000204. The molecule has 0 bridgehead atoms. The number of methoxy groups -OCH3 is 1. The molecule has 2 rings (SSSR count). The fraction of sp³-hybridized carbons (Fsp3) is 0.250. The van der Waals surface area contributed by atoms with Crippen LogP contribution in [0.15, 0.2) is 36.9 Å². The van der Waals surface area contributed by atoms with Crippen LogP contribution >= 0.6 is 0 Å². The molecule has 0 heterocycles. The highest BCUT2D eigenvalue weighted by molar-refractivity contribution is 5.99. The van der Waals surface area contributed by atoms with Gasteiger partial charge in [0, 0.05) is 12.6 Å². The number of hydrogen-bond acceptors (Lipinski definition) is 6. The molecule has 0 spiro atoms. The van der Waals surface area contributed by atoms with Crippen LogP contribution in [0.5, 0.6) is 0 Å². The van der Waals surface area contributed by atoms with Crippen LogP contribution in [0.3, 0.4) is 0 Å². The normalized spacial score (nSPS) is 9.72. The Morgan fingerprint density at radius 3 is 2.45 bits per heavy atom. The van der Waals surface area contributed by atoms with E-state index in [-0.39, 0.29) is 12.2 Å². The molecule has 9 heteroatoms. The predicted molar refractivity (Wildman–Crippen MR) is 109 cm³/mol. The standard InChI is InChI=1S/C18H17F2N3O4.C2H6/c1-4-7-21-17-14(23(25)26)9-11(18(24)27-3)16(15(17)20)22-13-6-5-10(2)8-12(13)19;1-2/h4-6,8-9,21-22H,1,7H2,2-3H3;1-2H3. The summed E-state index contributed by atoms with van der Waals surface area (Å²) < 4.78 is 33.8. The van der Waals surface area contributed by atoms with Crippen LogP contribution in [0.4, 0.5) is 31.5 Å². The van der Waals surface area contributed by atoms with Crippen molar-refractivity contribution in [3.05, 3.63) is 69.8 Å². The lowest BCUT2D eigenvalue weighted by atomic mass is 10.1. The van der Waals surface area contributed by atoms with E-state index < -0.39 is 45.2 Å². The summed E-state index contributed by atoms with van der Waals surface area (Å²) in [5, 5.41) is 16.3. The minimum Gasteiger partial charge on any atom is -0.465 e. The van der Waals surface area contributed by atoms with Gasteiger partial charge in [-0.25, -0.2) is 13.6 Å². The second kappa shape index (κ2) is 10.7. The Kier molecular flexibility index (Phi) is 8.72. The maximum Gasteiger partial charge on any atom is 0.340 e. The van der Waals surface area contributed by atoms with Gasteiger partial charge < -0.3 is 15.4 Å². The average Bonchev–Trinajstić information content (AvgIpc) is 2.70. The van der Waals surface area contributed by atoms with Gasteiger partial charge in [-0.15, -0.1) is 6.58 Å². The highest BCUT2D eigenvalue weighted by Gasteiger charge is 2.28. The molecule has 156 valence electrons. The molecule has 2 aromatic carbocycles. The van der Waals surface area contributed by atoms with Gasteiger partial charge >= 0.3 is 5.97 Å². The van der Waals surface area contributed by atoms with Crippen LogP contribution in [0.2, 0.25) is 0 Å². The summed E-state index contributed by atoms with van der Waals surface area (Å²) in [4.78, 5) is 22.5. The van der Waals surface area contributed by atoms with Gasteiger partial charge in [0.1, 0.15) is 5.82 Å². The van der Waals surface area contributed by atoms with Gasteiger partial charge in [0.15, 0.2) is 11.5 Å². The van der Waals surface area contributed by atoms with Crippen LogP contribution in [0, 0.1) is 28.7 Å². The molecule has 0 aliphatic heterocycles. The number of carbonyl (C=O) groups is 1. The topological polar surface area (TPSA) is 93.5 Å². The van der Waals surface area contributed by atoms with E-state index in [9.17, 15) is 19.3 Å². The monoisotopic (exact) mass is 407 g/mol. The third-order valence-corrected chi connectivity index (χ3v) is 3.65. The third kappa shape index (κ3) is 5.50. The van der Waals surface area contributed by atoms with Crippen molar-refractivity contribution in [2.75, 3.05) is 24.3 Å². The number of hydrogen-bond donors (Lipinski definition) is 2. The largest absolute Gasteiger partial charge is 0.465 e. The van der Waals surface area contributed by atoms with Gasteiger partial charge in [-0.3, -0.25) is 10.1 Å². The second-order valence-electron chi connectivity index (χ2n) is 5.53. The van der Waals surface area contributed by atoms with Crippen molar-refractivity contribution in [3.8, 4) is 0 Å². The van der Waals surface area contributed by atoms with E-state index in [0.717, 1.165) is 13.2 Å². The zero-order valence-corrected chi connectivity index (χ0v) is 16.6. The first-order valence-corrected chi connectivity index (χ1v) is 8.77. The lowest BCUT2D eigenvalue weighted by Gasteiger charge is -2.16. The van der Waals surface area contributed by atoms with Gasteiger partial charge in [-0.1, -0.05) is 26.0 Å². The molecule has 0 amide bonds. The van der Waals surface area contributed by atoms with Gasteiger partial charge in [-0.05, 0) is 24.6 Å². The van der Waals surface area contributed by atoms with E-state index >= 15 is 4.39 Å². The molecule has 7 nitrogen and oxygen atoms in total. The zero-order valence-electron chi connectivity index (χ0n) is 16.6. The fourth-order valence-electron chi connectivity index (χ4n) is 2.37. The molecular weight excluding hydrogens is 384 g/mol. The first-order chi connectivity index (χ1) is 13.8. The number of nitro groups is 1. The van der Waals surface area contributed by atoms with Crippen molar-refractivity contribution in [1.29, 1.82) is 0 Å². The highest BCUT2D eigenvalue weighted by Crippen LogP contribution is 2.38. The van der Waals surface area contributed by atoms with Crippen LogP contribution in [0.1, 0.15) is 29.8 Å². The van der Waals surface area contributed by atoms with Gasteiger partial charge in [0.25, 0.3) is 5.69 Å². The molecule has 0 atom stereocenters. The van der Waals surface area contributed by atoms with Crippen molar-refractivity contribution in [2.45, 2.75) is 20.8 Å². The lowest BCUT2D eigenvalue weighted by molar-refractivity contribution is -0.384. The number of nitro benzene ring substituents is 1. The SMILES string of the molecule is C=CCNc1c([N+](=O)[O-])cc(C(=O)OC)c(Nc2ccc(C)cc2F)c1F.CC. The number of halogens is 2. The minimum absolute atomic E-state index is 0.0354. The summed E-state index contributed by atoms with van der Waals surface area (Å²) in [6.45, 7) is 9.17. The first-order valence-electron chi connectivity index (χ1n) is 8.77. The number of ether oxygens (including phenoxy) is 1. The minimum atomic E-state index is -1.12. The van der Waals surface area contributed by atoms with Crippen molar-refractivity contribution >= 4 is 28.7 Å². The van der Waals surface area contributed by atoms with E-state index in [1.807, 2.05) is 13.8 Å². The Hall–Kier alpha value is -3.49. The first kappa shape index (κ1) is 23.5. The van der Waals surface area contributed by atoms with E-state index in [2.05, 4.69) is 21.9 Å². The molecular formula is C20H23F2N3O4.